The third kappa shape index (κ3) is 7.51. The minimum Gasteiger partial charge on any atom is -0.396 e. The molecule has 1 aliphatic rings. The van der Waals surface area contributed by atoms with Crippen LogP contribution in [-0.4, -0.2) is 55.3 Å². The predicted molar refractivity (Wildman–Crippen MR) is 114 cm³/mol. The average molecular weight is 375 g/mol. The first kappa shape index (κ1) is 21.7. The van der Waals surface area contributed by atoms with E-state index in [-0.39, 0.29) is 6.61 Å². The lowest BCUT2D eigenvalue weighted by Crippen LogP contribution is -2.43. The molecule has 0 spiro atoms. The van der Waals surface area contributed by atoms with Crippen molar-refractivity contribution < 1.29 is 5.11 Å². The van der Waals surface area contributed by atoms with Gasteiger partial charge in [0.2, 0.25) is 0 Å². The molecule has 5 nitrogen and oxygen atoms in total. The smallest absolute Gasteiger partial charge is 0.191 e. The fraction of sp³-hybridized carbons (Fsp3) is 0.682. The van der Waals surface area contributed by atoms with Crippen molar-refractivity contribution in [1.29, 1.82) is 0 Å². The second-order valence-electron chi connectivity index (χ2n) is 7.44. The Bertz CT molecular complexity index is 522. The van der Waals surface area contributed by atoms with Crippen LogP contribution >= 0.6 is 0 Å². The van der Waals surface area contributed by atoms with E-state index in [0.717, 1.165) is 44.9 Å². The van der Waals surface area contributed by atoms with Crippen LogP contribution in [0.2, 0.25) is 0 Å². The van der Waals surface area contributed by atoms with Crippen molar-refractivity contribution in [3.63, 3.8) is 0 Å². The normalized spacial score (nSPS) is 17.7. The number of aliphatic imine (C=N–C) groups is 1. The summed E-state index contributed by atoms with van der Waals surface area (Å²) in [6, 6.07) is 11.2. The van der Waals surface area contributed by atoms with E-state index in [1.54, 1.807) is 0 Å². The number of hydrogen-bond donors (Lipinski definition) is 3. The predicted octanol–water partition coefficient (Wildman–Crippen LogP) is 3.18. The van der Waals surface area contributed by atoms with E-state index >= 15 is 0 Å². The minimum atomic E-state index is 0.245. The van der Waals surface area contributed by atoms with Gasteiger partial charge in [-0.15, -0.1) is 0 Å². The molecular weight excluding hydrogens is 336 g/mol. The molecule has 1 aromatic rings. The Labute approximate surface area is 165 Å². The Morgan fingerprint density at radius 1 is 1.11 bits per heavy atom. The highest BCUT2D eigenvalue weighted by atomic mass is 16.3. The van der Waals surface area contributed by atoms with Crippen LogP contribution in [0.4, 0.5) is 0 Å². The van der Waals surface area contributed by atoms with E-state index in [9.17, 15) is 5.11 Å². The summed E-state index contributed by atoms with van der Waals surface area (Å²) < 4.78 is 0. The molecule has 0 radical (unpaired) electrons. The maximum absolute atomic E-state index is 9.27. The van der Waals surface area contributed by atoms with Crippen LogP contribution in [0.3, 0.4) is 0 Å². The van der Waals surface area contributed by atoms with E-state index in [2.05, 4.69) is 59.7 Å². The SMILES string of the molecule is CCCC(CCO)CN=C(NCC)NCC(c1ccccc1)N1CCCC1. The number of nitrogens with zero attached hydrogens (tertiary/aromatic N) is 2. The van der Waals surface area contributed by atoms with Gasteiger partial charge < -0.3 is 15.7 Å². The lowest BCUT2D eigenvalue weighted by atomic mass is 10.0. The van der Waals surface area contributed by atoms with Gasteiger partial charge in [-0.1, -0.05) is 43.7 Å². The Hall–Kier alpha value is -1.59. The van der Waals surface area contributed by atoms with E-state index in [1.807, 2.05) is 0 Å². The van der Waals surface area contributed by atoms with Crippen molar-refractivity contribution in [2.75, 3.05) is 39.3 Å². The number of aliphatic hydroxyl groups is 1. The molecule has 1 heterocycles. The average Bonchev–Trinajstić information content (AvgIpc) is 3.21. The lowest BCUT2D eigenvalue weighted by molar-refractivity contribution is 0.245. The topological polar surface area (TPSA) is 59.9 Å². The van der Waals surface area contributed by atoms with E-state index in [0.29, 0.717) is 12.0 Å². The number of nitrogens with one attached hydrogen (secondary N) is 2. The fourth-order valence-electron chi connectivity index (χ4n) is 3.86. The van der Waals surface area contributed by atoms with Gasteiger partial charge in [0.1, 0.15) is 0 Å². The second-order valence-corrected chi connectivity index (χ2v) is 7.44. The Morgan fingerprint density at radius 2 is 1.85 bits per heavy atom. The first-order valence-corrected chi connectivity index (χ1v) is 10.7. The summed E-state index contributed by atoms with van der Waals surface area (Å²) in [4.78, 5) is 7.39. The van der Waals surface area contributed by atoms with Crippen molar-refractivity contribution in [3.05, 3.63) is 35.9 Å². The number of hydrogen-bond acceptors (Lipinski definition) is 3. The van der Waals surface area contributed by atoms with Crippen molar-refractivity contribution >= 4 is 5.96 Å². The minimum absolute atomic E-state index is 0.245. The number of rotatable bonds is 11. The highest BCUT2D eigenvalue weighted by molar-refractivity contribution is 5.79. The third-order valence-corrected chi connectivity index (χ3v) is 5.31. The molecule has 1 aromatic carbocycles. The number of benzene rings is 1. The molecule has 2 atom stereocenters. The van der Waals surface area contributed by atoms with Crippen LogP contribution < -0.4 is 10.6 Å². The molecule has 1 saturated heterocycles. The molecule has 0 aromatic heterocycles. The molecule has 1 aliphatic heterocycles. The molecule has 0 bridgehead atoms. The lowest BCUT2D eigenvalue weighted by Gasteiger charge is -2.29. The molecule has 0 saturated carbocycles. The molecule has 0 amide bonds. The summed E-state index contributed by atoms with van der Waals surface area (Å²) >= 11 is 0. The third-order valence-electron chi connectivity index (χ3n) is 5.31. The van der Waals surface area contributed by atoms with E-state index < -0.39 is 0 Å². The molecular formula is C22H38N4O. The molecule has 0 aliphatic carbocycles. The first-order valence-electron chi connectivity index (χ1n) is 10.7. The number of aliphatic hydroxyl groups excluding tert-OH is 1. The van der Waals surface area contributed by atoms with Crippen LogP contribution in [0.1, 0.15) is 57.6 Å². The Balaban J connectivity index is 2.00. The molecule has 5 heteroatoms. The standard InChI is InChI=1S/C22H38N4O/c1-3-10-19(13-16-27)17-24-22(23-4-2)25-18-21(26-14-8-9-15-26)20-11-6-5-7-12-20/h5-7,11-12,19,21,27H,3-4,8-10,13-18H2,1-2H3,(H2,23,24,25). The summed E-state index contributed by atoms with van der Waals surface area (Å²) in [7, 11) is 0. The molecule has 2 unspecified atom stereocenters. The van der Waals surface area contributed by atoms with Gasteiger partial charge in [0.25, 0.3) is 0 Å². The van der Waals surface area contributed by atoms with Crippen LogP contribution in [0.5, 0.6) is 0 Å². The zero-order valence-corrected chi connectivity index (χ0v) is 17.2. The van der Waals surface area contributed by atoms with Gasteiger partial charge in [-0.3, -0.25) is 9.89 Å². The van der Waals surface area contributed by atoms with Crippen molar-refractivity contribution in [2.45, 2.75) is 52.0 Å². The second kappa shape index (κ2) is 12.7. The van der Waals surface area contributed by atoms with Gasteiger partial charge in [0.05, 0.1) is 6.04 Å². The molecule has 27 heavy (non-hydrogen) atoms. The monoisotopic (exact) mass is 374 g/mol. The quantitative estimate of drug-likeness (QED) is 0.411. The van der Waals surface area contributed by atoms with Crippen molar-refractivity contribution in [3.8, 4) is 0 Å². The van der Waals surface area contributed by atoms with Gasteiger partial charge in [-0.05, 0) is 57.2 Å². The van der Waals surface area contributed by atoms with Crippen LogP contribution in [-0.2, 0) is 0 Å². The maximum Gasteiger partial charge on any atom is 0.191 e. The van der Waals surface area contributed by atoms with Crippen LogP contribution in [0.25, 0.3) is 0 Å². The largest absolute Gasteiger partial charge is 0.396 e. The van der Waals surface area contributed by atoms with Crippen LogP contribution in [0, 0.1) is 5.92 Å². The highest BCUT2D eigenvalue weighted by Gasteiger charge is 2.23. The van der Waals surface area contributed by atoms with Gasteiger partial charge >= 0.3 is 0 Å². The zero-order valence-electron chi connectivity index (χ0n) is 17.2. The number of likely N-dealkylation sites (tertiary alicyclic amines) is 1. The number of guanidine groups is 1. The molecule has 2 rings (SSSR count). The Kier molecular flexibility index (Phi) is 10.2. The molecule has 152 valence electrons. The van der Waals surface area contributed by atoms with Crippen molar-refractivity contribution in [2.24, 2.45) is 10.9 Å². The van der Waals surface area contributed by atoms with E-state index in [4.69, 9.17) is 4.99 Å². The zero-order chi connectivity index (χ0) is 19.3. The molecule has 3 N–H and O–H groups in total. The summed E-state index contributed by atoms with van der Waals surface area (Å²) in [5, 5.41) is 16.2. The first-order chi connectivity index (χ1) is 13.3. The fourth-order valence-corrected chi connectivity index (χ4v) is 3.86. The maximum atomic E-state index is 9.27. The van der Waals surface area contributed by atoms with Crippen molar-refractivity contribution in [1.82, 2.24) is 15.5 Å². The van der Waals surface area contributed by atoms with Gasteiger partial charge in [-0.25, -0.2) is 0 Å². The summed E-state index contributed by atoms with van der Waals surface area (Å²) in [5.74, 6) is 1.34. The highest BCUT2D eigenvalue weighted by Crippen LogP contribution is 2.24. The van der Waals surface area contributed by atoms with Gasteiger partial charge in [0.15, 0.2) is 5.96 Å². The van der Waals surface area contributed by atoms with Gasteiger partial charge in [-0.2, -0.15) is 0 Å². The summed E-state index contributed by atoms with van der Waals surface area (Å²) in [6.07, 6.45) is 5.66. The molecule has 1 fully saturated rings. The Morgan fingerprint density at radius 3 is 2.48 bits per heavy atom. The summed E-state index contributed by atoms with van der Waals surface area (Å²) in [5.41, 5.74) is 1.37. The van der Waals surface area contributed by atoms with Gasteiger partial charge in [0, 0.05) is 26.2 Å². The summed E-state index contributed by atoms with van der Waals surface area (Å²) in [6.45, 7) is 9.35. The van der Waals surface area contributed by atoms with Crippen LogP contribution in [0.15, 0.2) is 35.3 Å². The van der Waals surface area contributed by atoms with E-state index in [1.165, 1.54) is 31.5 Å².